The molecule has 9 nitrogen and oxygen atoms in total. The van der Waals surface area contributed by atoms with Gasteiger partial charge in [0.2, 0.25) is 0 Å². The molecule has 16 heteroatoms. The predicted molar refractivity (Wildman–Crippen MR) is 258 cm³/mol. The Balaban J connectivity index is 0.000000249. The Morgan fingerprint density at radius 2 is 0.957 bits per heavy atom. The number of nitrogens with one attached hydrogen (secondary N) is 2. The molecular weight excluding hydrogens is 909 g/mol. The van der Waals surface area contributed by atoms with Crippen LogP contribution in [0.25, 0.3) is 22.3 Å². The van der Waals surface area contributed by atoms with Crippen LogP contribution in [-0.2, 0) is 11.1 Å². The fraction of sp³-hybridized carbons (Fsp3) is 0.259. The molecule has 0 aliphatic carbocycles. The first-order valence-corrected chi connectivity index (χ1v) is 22.4. The second-order valence-corrected chi connectivity index (χ2v) is 17.1. The van der Waals surface area contributed by atoms with Crippen LogP contribution >= 0.6 is 0 Å². The summed E-state index contributed by atoms with van der Waals surface area (Å²) < 4.78 is 81.5. The summed E-state index contributed by atoms with van der Waals surface area (Å²) in [5.41, 5.74) is 4.01. The fourth-order valence-electron chi connectivity index (χ4n) is 9.13. The Bertz CT molecular complexity index is 2700. The summed E-state index contributed by atoms with van der Waals surface area (Å²) >= 11 is 0. The van der Waals surface area contributed by atoms with Crippen molar-refractivity contribution in [3.05, 3.63) is 203 Å². The molecule has 2 saturated heterocycles. The maximum absolute atomic E-state index is 14.1. The monoisotopic (exact) mass is 963 g/mol. The molecule has 5 N–H and O–H groups in total. The lowest BCUT2D eigenvalue weighted by Gasteiger charge is -2.45. The summed E-state index contributed by atoms with van der Waals surface area (Å²) in [6, 6.07) is 32.8. The summed E-state index contributed by atoms with van der Waals surface area (Å²) in [6.45, 7) is 8.67. The van der Waals surface area contributed by atoms with Gasteiger partial charge < -0.3 is 25.5 Å². The minimum Gasteiger partial charge on any atom is -0.396 e. The maximum Gasteiger partial charge on any atom is 0.318 e. The van der Waals surface area contributed by atoms with Crippen molar-refractivity contribution in [3.8, 4) is 22.3 Å². The van der Waals surface area contributed by atoms with Crippen LogP contribution in [0.3, 0.4) is 0 Å². The standard InChI is InChI=1S/C27H27F3N2O2.C27H25F3N2O.B.H2O2/c1-18(19-3-5-20(6-4-19)24-12-11-23(29)17-25(24)30)32-15-14-27(13-2-16-33,31-26(32)34)21-7-9-22(28)10-8-21;1-3-14-27(21-8-10-22(28)11-9-21)15-16-32(26(33)31-27)18(2)19-4-6-20(7-5-19)24-13-12-23(29)17-25(24)30;;1-2/h3-12,17-18,33H,2,13-16H2,1H3,(H,31,34);3-13,17-18H,1,14-16H2,2H3,(H,31,33);;1-2H/t2*18-,27+;;/m00../s1. The van der Waals surface area contributed by atoms with Crippen molar-refractivity contribution in [1.29, 1.82) is 0 Å². The molecule has 4 amide bonds. The van der Waals surface area contributed by atoms with Gasteiger partial charge in [0.25, 0.3) is 0 Å². The smallest absolute Gasteiger partial charge is 0.318 e. The highest BCUT2D eigenvalue weighted by Gasteiger charge is 2.42. The van der Waals surface area contributed by atoms with Crippen LogP contribution in [-0.4, -0.2) is 65.6 Å². The van der Waals surface area contributed by atoms with E-state index in [1.165, 1.54) is 48.5 Å². The Morgan fingerprint density at radius 1 is 0.586 bits per heavy atom. The highest BCUT2D eigenvalue weighted by atomic mass is 19.2. The van der Waals surface area contributed by atoms with Crippen molar-refractivity contribution in [2.24, 2.45) is 0 Å². The molecule has 4 atom stereocenters. The fourth-order valence-corrected chi connectivity index (χ4v) is 9.13. The number of aliphatic hydroxyl groups excluding tert-OH is 1. The van der Waals surface area contributed by atoms with Gasteiger partial charge in [-0.05, 0) is 128 Å². The number of rotatable bonds is 13. The molecule has 0 saturated carbocycles. The molecule has 2 aliphatic rings. The van der Waals surface area contributed by atoms with Gasteiger partial charge >= 0.3 is 12.1 Å². The van der Waals surface area contributed by atoms with Gasteiger partial charge in [-0.15, -0.1) is 6.58 Å². The SMILES string of the molecule is C=CC[C@]1(c2ccc(F)cc2)CCN([C@@H](C)c2ccc(-c3ccc(F)cc3F)cc2)C(=O)N1.C[C@@H](c1ccc(-c2ccc(F)cc2F)cc1)N1CC[C@](CCCO)(c2ccc(F)cc2)NC1=O.OO.[B]. The Kier molecular flexibility index (Phi) is 18.6. The summed E-state index contributed by atoms with van der Waals surface area (Å²) in [5, 5.41) is 27.6. The normalized spacial score (nSPS) is 18.4. The number of urea groups is 2. The van der Waals surface area contributed by atoms with E-state index in [2.05, 4.69) is 17.2 Å². The van der Waals surface area contributed by atoms with E-state index < -0.39 is 34.3 Å². The third kappa shape index (κ3) is 12.3. The van der Waals surface area contributed by atoms with Crippen molar-refractivity contribution >= 4 is 20.5 Å². The van der Waals surface area contributed by atoms with E-state index in [-0.39, 0.29) is 50.8 Å². The van der Waals surface area contributed by atoms with E-state index in [0.717, 1.165) is 34.4 Å². The molecule has 0 aromatic heterocycles. The van der Waals surface area contributed by atoms with Crippen molar-refractivity contribution in [1.82, 2.24) is 20.4 Å². The molecule has 6 aromatic carbocycles. The van der Waals surface area contributed by atoms with E-state index in [4.69, 9.17) is 10.5 Å². The first-order valence-electron chi connectivity index (χ1n) is 22.4. The molecule has 8 rings (SSSR count). The Hall–Kier alpha value is -6.88. The third-order valence-corrected chi connectivity index (χ3v) is 13.0. The molecule has 2 fully saturated rings. The van der Waals surface area contributed by atoms with Gasteiger partial charge in [0, 0.05) is 51.4 Å². The number of hydrogen-bond donors (Lipinski definition) is 5. The zero-order valence-corrected chi connectivity index (χ0v) is 38.7. The van der Waals surface area contributed by atoms with Crippen molar-refractivity contribution in [3.63, 3.8) is 0 Å². The number of aliphatic hydroxyl groups is 1. The van der Waals surface area contributed by atoms with E-state index in [9.17, 15) is 41.0 Å². The maximum atomic E-state index is 14.1. The van der Waals surface area contributed by atoms with Crippen LogP contribution in [0.5, 0.6) is 0 Å². The van der Waals surface area contributed by atoms with Gasteiger partial charge in [0.05, 0.1) is 23.2 Å². The van der Waals surface area contributed by atoms with Crippen LogP contribution in [0.4, 0.5) is 35.9 Å². The molecule has 2 heterocycles. The molecule has 0 unspecified atom stereocenters. The third-order valence-electron chi connectivity index (χ3n) is 13.0. The largest absolute Gasteiger partial charge is 0.396 e. The molecule has 2 aliphatic heterocycles. The molecular formula is C54H54BF6N4O5. The molecule has 0 spiro atoms. The summed E-state index contributed by atoms with van der Waals surface area (Å²) in [5.74, 6) is -3.16. The summed E-state index contributed by atoms with van der Waals surface area (Å²) in [6.07, 6.45) is 4.59. The zero-order chi connectivity index (χ0) is 49.9. The molecule has 0 bridgehead atoms. The highest BCUT2D eigenvalue weighted by molar-refractivity contribution is 5.78. The second-order valence-electron chi connectivity index (χ2n) is 17.1. The number of amides is 4. The minimum absolute atomic E-state index is 0. The van der Waals surface area contributed by atoms with E-state index >= 15 is 0 Å². The van der Waals surface area contributed by atoms with Gasteiger partial charge in [-0.3, -0.25) is 10.5 Å². The first kappa shape index (κ1) is 54.1. The Morgan fingerprint density at radius 3 is 1.33 bits per heavy atom. The predicted octanol–water partition coefficient (Wildman–Crippen LogP) is 12.3. The molecule has 365 valence electrons. The van der Waals surface area contributed by atoms with Crippen molar-refractivity contribution in [2.45, 2.75) is 69.1 Å². The van der Waals surface area contributed by atoms with E-state index in [1.54, 1.807) is 64.4 Å². The van der Waals surface area contributed by atoms with E-state index in [1.807, 2.05) is 38.1 Å². The molecule has 6 aromatic rings. The average molecular weight is 964 g/mol. The number of carbonyl (C=O) groups excluding carboxylic acids is 2. The van der Waals surface area contributed by atoms with Gasteiger partial charge in [0.1, 0.15) is 34.9 Å². The number of carbonyl (C=O) groups is 2. The second kappa shape index (κ2) is 24.1. The highest BCUT2D eigenvalue weighted by Crippen LogP contribution is 2.38. The van der Waals surface area contributed by atoms with Gasteiger partial charge in [-0.2, -0.15) is 0 Å². The van der Waals surface area contributed by atoms with Crippen molar-refractivity contribution < 1.29 is 51.6 Å². The number of hydrogen-bond acceptors (Lipinski definition) is 5. The summed E-state index contributed by atoms with van der Waals surface area (Å²) in [7, 11) is 0. The first-order chi connectivity index (χ1) is 33.2. The number of halogens is 6. The molecule has 3 radical (unpaired) electrons. The minimum atomic E-state index is -0.673. The lowest BCUT2D eigenvalue weighted by atomic mass is 9.81. The van der Waals surface area contributed by atoms with Crippen molar-refractivity contribution in [2.75, 3.05) is 19.7 Å². The van der Waals surface area contributed by atoms with Crippen LogP contribution < -0.4 is 10.6 Å². The zero-order valence-electron chi connectivity index (χ0n) is 38.7. The topological polar surface area (TPSA) is 125 Å². The average Bonchev–Trinajstić information content (AvgIpc) is 3.34. The molecule has 70 heavy (non-hydrogen) atoms. The van der Waals surface area contributed by atoms with Crippen LogP contribution in [0.15, 0.2) is 146 Å². The van der Waals surface area contributed by atoms with Crippen LogP contribution in [0, 0.1) is 34.9 Å². The van der Waals surface area contributed by atoms with Gasteiger partial charge in [-0.1, -0.05) is 78.9 Å². The Labute approximate surface area is 405 Å². The lowest BCUT2D eigenvalue weighted by molar-refractivity contribution is -0.176. The number of nitrogens with zero attached hydrogens (tertiary/aromatic N) is 2. The summed E-state index contributed by atoms with van der Waals surface area (Å²) in [4.78, 5) is 29.8. The number of benzene rings is 6. The van der Waals surface area contributed by atoms with Gasteiger partial charge in [0.15, 0.2) is 0 Å². The van der Waals surface area contributed by atoms with Gasteiger partial charge in [-0.25, -0.2) is 35.9 Å². The lowest BCUT2D eigenvalue weighted by Crippen LogP contribution is -2.58. The van der Waals surface area contributed by atoms with E-state index in [0.29, 0.717) is 67.4 Å². The van der Waals surface area contributed by atoms with Crippen LogP contribution in [0.1, 0.15) is 80.3 Å². The van der Waals surface area contributed by atoms with Crippen LogP contribution in [0.2, 0.25) is 0 Å². The quantitative estimate of drug-likeness (QED) is 0.0259.